The van der Waals surface area contributed by atoms with Crippen LogP contribution in [0.1, 0.15) is 27.4 Å². The van der Waals surface area contributed by atoms with Crippen LogP contribution in [-0.4, -0.2) is 24.3 Å². The van der Waals surface area contributed by atoms with E-state index in [1.165, 1.54) is 12.1 Å². The summed E-state index contributed by atoms with van der Waals surface area (Å²) in [7, 11) is -3.60. The molecular weight excluding hydrogens is 440 g/mol. The highest BCUT2D eigenvalue weighted by molar-refractivity contribution is 7.90. The summed E-state index contributed by atoms with van der Waals surface area (Å²) in [6.07, 6.45) is 3.37. The maximum Gasteiger partial charge on any atom is 0.251 e. The second kappa shape index (κ2) is 9.25. The molecule has 1 amide bonds. The van der Waals surface area contributed by atoms with Crippen molar-refractivity contribution in [1.82, 2.24) is 15.3 Å². The molecule has 0 saturated carbocycles. The van der Waals surface area contributed by atoms with Crippen molar-refractivity contribution < 1.29 is 17.6 Å². The number of sulfone groups is 1. The van der Waals surface area contributed by atoms with Crippen molar-refractivity contribution in [3.63, 3.8) is 0 Å². The lowest BCUT2D eigenvalue weighted by molar-refractivity contribution is 0.0951. The maximum absolute atomic E-state index is 12.7. The van der Waals surface area contributed by atoms with Crippen LogP contribution < -0.4 is 11.1 Å². The molecule has 33 heavy (non-hydrogen) atoms. The summed E-state index contributed by atoms with van der Waals surface area (Å²) < 4.78 is 31.2. The molecule has 0 aliphatic heterocycles. The van der Waals surface area contributed by atoms with Gasteiger partial charge in [-0.25, -0.2) is 13.4 Å². The van der Waals surface area contributed by atoms with Gasteiger partial charge in [0.05, 0.1) is 10.6 Å². The standard InChI is InChI=1S/C24H22N4O4S/c1-16-22(15-33(30,31)21-10-8-20(25)9-11-21)28-24(32-16)19-6-4-18(5-7-19)23(29)27-14-17-3-2-12-26-13-17/h2-13H,14-15,25H2,1H3,(H,27,29). The molecule has 0 aliphatic rings. The molecule has 0 spiro atoms. The van der Waals surface area contributed by atoms with Crippen LogP contribution in [0.3, 0.4) is 0 Å². The van der Waals surface area contributed by atoms with Gasteiger partial charge in [-0.3, -0.25) is 9.78 Å². The van der Waals surface area contributed by atoms with Crippen molar-refractivity contribution in [2.24, 2.45) is 0 Å². The molecule has 0 radical (unpaired) electrons. The normalized spacial score (nSPS) is 11.3. The van der Waals surface area contributed by atoms with Gasteiger partial charge in [0.1, 0.15) is 11.5 Å². The van der Waals surface area contributed by atoms with Gasteiger partial charge in [-0.05, 0) is 67.1 Å². The Morgan fingerprint density at radius 2 is 1.79 bits per heavy atom. The summed E-state index contributed by atoms with van der Waals surface area (Å²) in [4.78, 5) is 21.0. The van der Waals surface area contributed by atoms with E-state index in [2.05, 4.69) is 15.3 Å². The van der Waals surface area contributed by atoms with Gasteiger partial charge < -0.3 is 15.5 Å². The van der Waals surface area contributed by atoms with E-state index in [4.69, 9.17) is 10.2 Å². The molecule has 168 valence electrons. The van der Waals surface area contributed by atoms with Crippen molar-refractivity contribution in [2.75, 3.05) is 5.73 Å². The van der Waals surface area contributed by atoms with E-state index in [-0.39, 0.29) is 22.4 Å². The van der Waals surface area contributed by atoms with E-state index in [1.807, 2.05) is 12.1 Å². The Morgan fingerprint density at radius 1 is 1.06 bits per heavy atom. The smallest absolute Gasteiger partial charge is 0.251 e. The van der Waals surface area contributed by atoms with E-state index >= 15 is 0 Å². The van der Waals surface area contributed by atoms with Gasteiger partial charge in [-0.15, -0.1) is 0 Å². The number of aryl methyl sites for hydroxylation is 1. The SMILES string of the molecule is Cc1oc(-c2ccc(C(=O)NCc3cccnc3)cc2)nc1CS(=O)(=O)c1ccc(N)cc1. The number of anilines is 1. The van der Waals surface area contributed by atoms with Crippen LogP contribution in [0.2, 0.25) is 0 Å². The van der Waals surface area contributed by atoms with Crippen LogP contribution in [-0.2, 0) is 22.1 Å². The van der Waals surface area contributed by atoms with Gasteiger partial charge in [0, 0.05) is 35.8 Å². The van der Waals surface area contributed by atoms with Gasteiger partial charge in [0.15, 0.2) is 9.84 Å². The third-order valence-corrected chi connectivity index (χ3v) is 6.67. The monoisotopic (exact) mass is 462 g/mol. The van der Waals surface area contributed by atoms with Crippen LogP contribution in [0.15, 0.2) is 82.4 Å². The highest BCUT2D eigenvalue weighted by Crippen LogP contribution is 2.25. The second-order valence-corrected chi connectivity index (χ2v) is 9.46. The van der Waals surface area contributed by atoms with Crippen molar-refractivity contribution >= 4 is 21.4 Å². The van der Waals surface area contributed by atoms with E-state index in [9.17, 15) is 13.2 Å². The number of carbonyl (C=O) groups excluding carboxylic acids is 1. The Kier molecular flexibility index (Phi) is 6.23. The fraction of sp³-hybridized carbons (Fsp3) is 0.125. The molecule has 2 heterocycles. The maximum atomic E-state index is 12.7. The Bertz CT molecular complexity index is 1360. The average Bonchev–Trinajstić information content (AvgIpc) is 3.18. The van der Waals surface area contributed by atoms with Crippen LogP contribution in [0.4, 0.5) is 5.69 Å². The highest BCUT2D eigenvalue weighted by atomic mass is 32.2. The molecule has 0 atom stereocenters. The molecule has 8 nitrogen and oxygen atoms in total. The summed E-state index contributed by atoms with van der Waals surface area (Å²) in [6, 6.07) is 16.5. The van der Waals surface area contributed by atoms with Crippen LogP contribution in [0.25, 0.3) is 11.5 Å². The first kappa shape index (κ1) is 22.2. The summed E-state index contributed by atoms with van der Waals surface area (Å²) in [5.74, 6) is 0.199. The molecule has 2 aromatic carbocycles. The second-order valence-electron chi connectivity index (χ2n) is 7.47. The third-order valence-electron chi connectivity index (χ3n) is 5.03. The van der Waals surface area contributed by atoms with Crippen molar-refractivity contribution in [3.05, 3.63) is 95.6 Å². The minimum Gasteiger partial charge on any atom is -0.441 e. The zero-order valence-corrected chi connectivity index (χ0v) is 18.7. The minimum atomic E-state index is -3.60. The van der Waals surface area contributed by atoms with Gasteiger partial charge in [0.25, 0.3) is 5.91 Å². The number of pyridine rings is 1. The number of hydrogen-bond donors (Lipinski definition) is 2. The average molecular weight is 463 g/mol. The zero-order chi connectivity index (χ0) is 23.4. The van der Waals surface area contributed by atoms with E-state index in [0.717, 1.165) is 5.56 Å². The fourth-order valence-electron chi connectivity index (χ4n) is 3.18. The molecular formula is C24H22N4O4S. The number of oxazole rings is 1. The number of nitrogens with one attached hydrogen (secondary N) is 1. The molecule has 0 unspecified atom stereocenters. The zero-order valence-electron chi connectivity index (χ0n) is 17.9. The van der Waals surface area contributed by atoms with Gasteiger partial charge >= 0.3 is 0 Å². The van der Waals surface area contributed by atoms with Crippen molar-refractivity contribution in [1.29, 1.82) is 0 Å². The predicted octanol–water partition coefficient (Wildman–Crippen LogP) is 3.53. The Hall–Kier alpha value is -3.98. The van der Waals surface area contributed by atoms with Gasteiger partial charge in [-0.2, -0.15) is 0 Å². The number of hydrogen-bond acceptors (Lipinski definition) is 7. The number of carbonyl (C=O) groups is 1. The van der Waals surface area contributed by atoms with Crippen LogP contribution in [0, 0.1) is 6.92 Å². The summed E-state index contributed by atoms with van der Waals surface area (Å²) >= 11 is 0. The number of rotatable bonds is 7. The Balaban J connectivity index is 1.46. The van der Waals surface area contributed by atoms with E-state index in [1.54, 1.807) is 55.7 Å². The molecule has 3 N–H and O–H groups in total. The van der Waals surface area contributed by atoms with Crippen LogP contribution in [0.5, 0.6) is 0 Å². The Morgan fingerprint density at radius 3 is 2.45 bits per heavy atom. The number of nitrogens with zero attached hydrogens (tertiary/aromatic N) is 2. The first-order chi connectivity index (χ1) is 15.8. The van der Waals surface area contributed by atoms with E-state index in [0.29, 0.717) is 34.8 Å². The lowest BCUT2D eigenvalue weighted by Crippen LogP contribution is -2.22. The number of benzene rings is 2. The lowest BCUT2D eigenvalue weighted by Gasteiger charge is -2.05. The first-order valence-electron chi connectivity index (χ1n) is 10.1. The summed E-state index contributed by atoms with van der Waals surface area (Å²) in [5, 5.41) is 2.84. The lowest BCUT2D eigenvalue weighted by atomic mass is 10.1. The molecule has 0 fully saturated rings. The Labute approximate surface area is 191 Å². The predicted molar refractivity (Wildman–Crippen MR) is 124 cm³/mol. The number of nitrogen functional groups attached to an aromatic ring is 1. The summed E-state index contributed by atoms with van der Waals surface area (Å²) in [5.41, 5.74) is 8.48. The number of amides is 1. The summed E-state index contributed by atoms with van der Waals surface area (Å²) in [6.45, 7) is 2.05. The van der Waals surface area contributed by atoms with Gasteiger partial charge in [0.2, 0.25) is 5.89 Å². The molecule has 0 saturated heterocycles. The number of nitrogens with two attached hydrogens (primary N) is 1. The van der Waals surface area contributed by atoms with Crippen molar-refractivity contribution in [2.45, 2.75) is 24.1 Å². The molecule has 9 heteroatoms. The topological polar surface area (TPSA) is 128 Å². The third kappa shape index (κ3) is 5.27. The largest absolute Gasteiger partial charge is 0.441 e. The quantitative estimate of drug-likeness (QED) is 0.402. The molecule has 4 aromatic rings. The molecule has 0 bridgehead atoms. The van der Waals surface area contributed by atoms with Crippen LogP contribution >= 0.6 is 0 Å². The minimum absolute atomic E-state index is 0.169. The molecule has 0 aliphatic carbocycles. The number of aromatic nitrogens is 2. The molecule has 4 rings (SSSR count). The fourth-order valence-corrected chi connectivity index (χ4v) is 4.52. The highest BCUT2D eigenvalue weighted by Gasteiger charge is 2.21. The molecule has 2 aromatic heterocycles. The van der Waals surface area contributed by atoms with E-state index < -0.39 is 9.84 Å². The van der Waals surface area contributed by atoms with Crippen molar-refractivity contribution in [3.8, 4) is 11.5 Å². The first-order valence-corrected chi connectivity index (χ1v) is 11.8. The van der Waals surface area contributed by atoms with Gasteiger partial charge in [-0.1, -0.05) is 6.07 Å².